The zero-order chi connectivity index (χ0) is 21.1. The average Bonchev–Trinajstić information content (AvgIpc) is 2.66. The molecule has 1 aliphatic rings. The van der Waals surface area contributed by atoms with Crippen LogP contribution in [0.3, 0.4) is 0 Å². The van der Waals surface area contributed by atoms with Gasteiger partial charge in [0.05, 0.1) is 10.8 Å². The van der Waals surface area contributed by atoms with Gasteiger partial charge in [-0.2, -0.15) is 0 Å². The molecule has 0 bridgehead atoms. The van der Waals surface area contributed by atoms with Crippen LogP contribution in [-0.2, 0) is 16.1 Å². The summed E-state index contributed by atoms with van der Waals surface area (Å²) in [4.78, 5) is 32.3. The number of hydrogen-bond acceptors (Lipinski definition) is 4. The van der Waals surface area contributed by atoms with Gasteiger partial charge >= 0.3 is 0 Å². The number of halogens is 3. The maximum absolute atomic E-state index is 14.3. The Kier molecular flexibility index (Phi) is 6.39. The van der Waals surface area contributed by atoms with Crippen LogP contribution in [0.2, 0.25) is 10.0 Å². The normalized spacial score (nSPS) is 17.0. The van der Waals surface area contributed by atoms with Crippen molar-refractivity contribution in [3.8, 4) is 0 Å². The molecule has 6 nitrogen and oxygen atoms in total. The largest absolute Gasteiger partial charge is 0.513 e. The molecule has 1 aromatic carbocycles. The molecular weight excluding hydrogens is 420 g/mol. The van der Waals surface area contributed by atoms with Crippen molar-refractivity contribution in [2.24, 2.45) is 0 Å². The number of carbonyl (C=O) groups is 2. The minimum Gasteiger partial charge on any atom is -0.513 e. The molecule has 0 saturated carbocycles. The highest BCUT2D eigenvalue weighted by atomic mass is 35.5. The summed E-state index contributed by atoms with van der Waals surface area (Å²) in [6, 6.07) is 7.03. The summed E-state index contributed by atoms with van der Waals surface area (Å²) in [5.41, 5.74) is 0.785. The van der Waals surface area contributed by atoms with E-state index in [4.69, 9.17) is 23.2 Å². The Bertz CT molecular complexity index is 952. The minimum absolute atomic E-state index is 0.0829. The van der Waals surface area contributed by atoms with Crippen molar-refractivity contribution in [3.63, 3.8) is 0 Å². The van der Waals surface area contributed by atoms with Crippen LogP contribution in [-0.4, -0.2) is 39.4 Å². The first-order valence-electron chi connectivity index (χ1n) is 8.79. The molecule has 1 atom stereocenters. The summed E-state index contributed by atoms with van der Waals surface area (Å²) in [5.74, 6) is -2.02. The zero-order valence-electron chi connectivity index (χ0n) is 15.3. The van der Waals surface area contributed by atoms with Crippen LogP contribution in [0.15, 0.2) is 48.9 Å². The minimum atomic E-state index is -0.910. The van der Waals surface area contributed by atoms with Crippen molar-refractivity contribution in [1.82, 2.24) is 9.88 Å². The van der Waals surface area contributed by atoms with Crippen LogP contribution < -0.4 is 4.90 Å². The molecule has 1 saturated heterocycles. The lowest BCUT2D eigenvalue weighted by atomic mass is 10.0. The summed E-state index contributed by atoms with van der Waals surface area (Å²) in [7, 11) is 0. The number of piperazine rings is 1. The summed E-state index contributed by atoms with van der Waals surface area (Å²) in [5, 5.41) is 10.1. The molecule has 2 heterocycles. The van der Waals surface area contributed by atoms with Gasteiger partial charge < -0.3 is 10.0 Å². The quantitative estimate of drug-likeness (QED) is 0.689. The molecule has 1 aliphatic heterocycles. The van der Waals surface area contributed by atoms with Crippen LogP contribution in [0, 0.1) is 5.82 Å². The highest BCUT2D eigenvalue weighted by Crippen LogP contribution is 2.27. The molecule has 1 unspecified atom stereocenters. The van der Waals surface area contributed by atoms with E-state index in [-0.39, 0.29) is 48.4 Å². The van der Waals surface area contributed by atoms with Gasteiger partial charge in [-0.05, 0) is 30.2 Å². The number of hydrogen-bond donors (Lipinski definition) is 1. The summed E-state index contributed by atoms with van der Waals surface area (Å²) < 4.78 is 14.3. The summed E-state index contributed by atoms with van der Waals surface area (Å²) in [6.07, 6.45) is 1.47. The van der Waals surface area contributed by atoms with Gasteiger partial charge in [-0.15, -0.1) is 0 Å². The third kappa shape index (κ3) is 4.86. The fourth-order valence-electron chi connectivity index (χ4n) is 3.14. The molecule has 0 aliphatic carbocycles. The third-order valence-corrected chi connectivity index (χ3v) is 5.02. The van der Waals surface area contributed by atoms with Crippen molar-refractivity contribution >= 4 is 40.8 Å². The summed E-state index contributed by atoms with van der Waals surface area (Å²) >= 11 is 11.6. The lowest BCUT2D eigenvalue weighted by Gasteiger charge is -2.40. The highest BCUT2D eigenvalue weighted by Gasteiger charge is 2.41. The van der Waals surface area contributed by atoms with E-state index < -0.39 is 17.8 Å². The SMILES string of the molecule is C=C(O)CCC1C(=O)N(c2ncc(Cl)cc2F)CC(=O)N1Cc1ccc(Cl)cc1. The van der Waals surface area contributed by atoms with E-state index >= 15 is 0 Å². The first-order valence-corrected chi connectivity index (χ1v) is 9.55. The first kappa shape index (κ1) is 21.1. The predicted molar refractivity (Wildman–Crippen MR) is 108 cm³/mol. The molecule has 152 valence electrons. The van der Waals surface area contributed by atoms with Gasteiger partial charge in [0.25, 0.3) is 5.91 Å². The molecule has 2 amide bonds. The number of nitrogens with zero attached hydrogens (tertiary/aromatic N) is 3. The fraction of sp³-hybridized carbons (Fsp3) is 0.250. The molecule has 9 heteroatoms. The molecule has 0 spiro atoms. The number of allylic oxidation sites excluding steroid dienone is 1. The first-order chi connectivity index (χ1) is 13.8. The number of anilines is 1. The fourth-order valence-corrected chi connectivity index (χ4v) is 3.41. The predicted octanol–water partition coefficient (Wildman–Crippen LogP) is 4.12. The molecule has 1 N–H and O–H groups in total. The van der Waals surface area contributed by atoms with Crippen molar-refractivity contribution in [3.05, 3.63) is 70.3 Å². The Morgan fingerprint density at radius 2 is 1.93 bits per heavy atom. The van der Waals surface area contributed by atoms with Crippen LogP contribution in [0.4, 0.5) is 10.2 Å². The maximum atomic E-state index is 14.3. The van der Waals surface area contributed by atoms with E-state index in [1.165, 1.54) is 11.1 Å². The van der Waals surface area contributed by atoms with Crippen LogP contribution >= 0.6 is 23.2 Å². The Hall–Kier alpha value is -2.64. The third-order valence-electron chi connectivity index (χ3n) is 4.56. The second-order valence-corrected chi connectivity index (χ2v) is 7.53. The number of aromatic nitrogens is 1. The van der Waals surface area contributed by atoms with Crippen LogP contribution in [0.5, 0.6) is 0 Å². The zero-order valence-corrected chi connectivity index (χ0v) is 16.8. The van der Waals surface area contributed by atoms with Crippen molar-refractivity contribution in [2.45, 2.75) is 25.4 Å². The Balaban J connectivity index is 1.91. The Morgan fingerprint density at radius 3 is 2.55 bits per heavy atom. The average molecular weight is 438 g/mol. The maximum Gasteiger partial charge on any atom is 0.251 e. The van der Waals surface area contributed by atoms with E-state index in [1.54, 1.807) is 24.3 Å². The second kappa shape index (κ2) is 8.80. The smallest absolute Gasteiger partial charge is 0.251 e. The van der Waals surface area contributed by atoms with Gasteiger partial charge in [0.15, 0.2) is 11.6 Å². The molecule has 29 heavy (non-hydrogen) atoms. The van der Waals surface area contributed by atoms with Gasteiger partial charge in [-0.1, -0.05) is 41.9 Å². The van der Waals surface area contributed by atoms with Crippen molar-refractivity contribution < 1.29 is 19.1 Å². The lowest BCUT2D eigenvalue weighted by Crippen LogP contribution is -2.60. The number of amides is 2. The lowest BCUT2D eigenvalue weighted by molar-refractivity contribution is -0.144. The molecule has 0 radical (unpaired) electrons. The van der Waals surface area contributed by atoms with E-state index in [0.29, 0.717) is 5.02 Å². The van der Waals surface area contributed by atoms with Crippen LogP contribution in [0.1, 0.15) is 18.4 Å². The summed E-state index contributed by atoms with van der Waals surface area (Å²) in [6.45, 7) is 3.25. The molecular formula is C20H18Cl2FN3O3. The van der Waals surface area contributed by atoms with E-state index in [2.05, 4.69) is 11.6 Å². The number of aliphatic hydroxyl groups excluding tert-OH is 1. The topological polar surface area (TPSA) is 73.7 Å². The van der Waals surface area contributed by atoms with E-state index in [1.807, 2.05) is 0 Å². The van der Waals surface area contributed by atoms with E-state index in [0.717, 1.165) is 16.5 Å². The number of rotatable bonds is 6. The van der Waals surface area contributed by atoms with Crippen molar-refractivity contribution in [1.29, 1.82) is 0 Å². The number of carbonyl (C=O) groups excluding carboxylic acids is 2. The van der Waals surface area contributed by atoms with E-state index in [9.17, 15) is 19.1 Å². The Labute approximate surface area is 177 Å². The second-order valence-electron chi connectivity index (χ2n) is 6.65. The standard InChI is InChI=1S/C20H18Cl2FN3O3/c1-12(27)2-7-17-20(29)26(19-16(23)8-15(22)9-24-19)11-18(28)25(17)10-13-3-5-14(21)6-4-13/h3-6,8-9,17,27H,1-2,7,10-11H2. The molecule has 1 aromatic heterocycles. The number of benzene rings is 1. The highest BCUT2D eigenvalue weighted by molar-refractivity contribution is 6.30. The van der Waals surface area contributed by atoms with Gasteiger partial charge in [0.1, 0.15) is 12.6 Å². The monoisotopic (exact) mass is 437 g/mol. The van der Waals surface area contributed by atoms with Gasteiger partial charge in [-0.3, -0.25) is 14.5 Å². The van der Waals surface area contributed by atoms with Gasteiger partial charge in [-0.25, -0.2) is 9.37 Å². The number of pyridine rings is 1. The van der Waals surface area contributed by atoms with Crippen LogP contribution in [0.25, 0.3) is 0 Å². The molecule has 2 aromatic rings. The van der Waals surface area contributed by atoms with Crippen molar-refractivity contribution in [2.75, 3.05) is 11.4 Å². The molecule has 3 rings (SSSR count). The molecule has 1 fully saturated rings. The number of aliphatic hydroxyl groups is 1. The van der Waals surface area contributed by atoms with Gasteiger partial charge in [0.2, 0.25) is 5.91 Å². The Morgan fingerprint density at radius 1 is 1.24 bits per heavy atom. The van der Waals surface area contributed by atoms with Gasteiger partial charge in [0, 0.05) is 24.2 Å².